The number of hydrogen-bond acceptors (Lipinski definition) is 5. The molecule has 25 heavy (non-hydrogen) atoms. The van der Waals surface area contributed by atoms with Gasteiger partial charge in [0.1, 0.15) is 5.82 Å². The van der Waals surface area contributed by atoms with Crippen molar-refractivity contribution in [3.8, 4) is 11.4 Å². The molecule has 0 fully saturated rings. The van der Waals surface area contributed by atoms with E-state index in [4.69, 9.17) is 5.84 Å². The van der Waals surface area contributed by atoms with E-state index in [1.165, 1.54) is 10.7 Å². The van der Waals surface area contributed by atoms with E-state index in [1.807, 2.05) is 31.2 Å². The first-order valence-electron chi connectivity index (χ1n) is 7.49. The fraction of sp³-hybridized carbons (Fsp3) is 0.118. The second-order valence-electron chi connectivity index (χ2n) is 5.36. The van der Waals surface area contributed by atoms with Gasteiger partial charge in [0.2, 0.25) is 11.1 Å². The van der Waals surface area contributed by atoms with Gasteiger partial charge in [-0.15, -0.1) is 10.2 Å². The fourth-order valence-electron chi connectivity index (χ4n) is 2.17. The standard InChI is InChI=1S/C17H16FN5OS/c1-11-6-8-12(9-7-11)20-15(24)10-25-17-22-21-16(23(17)19)13-4-2-3-5-14(13)18/h2-9H,10,19H2,1H3,(H,20,24). The average Bonchev–Trinajstić information content (AvgIpc) is 2.96. The number of carbonyl (C=O) groups excluding carboxylic acids is 1. The van der Waals surface area contributed by atoms with Crippen LogP contribution >= 0.6 is 11.8 Å². The molecule has 2 aromatic carbocycles. The first kappa shape index (κ1) is 17.0. The Balaban J connectivity index is 1.65. The molecule has 0 radical (unpaired) electrons. The number of nitrogens with zero attached hydrogens (tertiary/aromatic N) is 3. The normalized spacial score (nSPS) is 10.6. The summed E-state index contributed by atoms with van der Waals surface area (Å²) in [6.07, 6.45) is 0. The number of nitrogen functional groups attached to an aromatic ring is 1. The maximum atomic E-state index is 13.8. The molecule has 1 aromatic heterocycles. The zero-order chi connectivity index (χ0) is 17.8. The van der Waals surface area contributed by atoms with Gasteiger partial charge in [0.05, 0.1) is 11.3 Å². The van der Waals surface area contributed by atoms with E-state index < -0.39 is 5.82 Å². The molecule has 8 heteroatoms. The molecule has 6 nitrogen and oxygen atoms in total. The van der Waals surface area contributed by atoms with Gasteiger partial charge >= 0.3 is 0 Å². The Labute approximate surface area is 148 Å². The lowest BCUT2D eigenvalue weighted by Gasteiger charge is -2.06. The minimum atomic E-state index is -0.435. The Morgan fingerprint density at radius 2 is 1.92 bits per heavy atom. The number of amides is 1. The van der Waals surface area contributed by atoms with Gasteiger partial charge < -0.3 is 11.2 Å². The lowest BCUT2D eigenvalue weighted by molar-refractivity contribution is -0.113. The largest absolute Gasteiger partial charge is 0.335 e. The van der Waals surface area contributed by atoms with Crippen LogP contribution in [-0.2, 0) is 4.79 Å². The van der Waals surface area contributed by atoms with E-state index in [-0.39, 0.29) is 23.0 Å². The average molecular weight is 357 g/mol. The monoisotopic (exact) mass is 357 g/mol. The molecule has 3 N–H and O–H groups in total. The van der Waals surface area contributed by atoms with Crippen molar-refractivity contribution in [3.63, 3.8) is 0 Å². The first-order valence-corrected chi connectivity index (χ1v) is 8.48. The molecule has 0 aliphatic carbocycles. The van der Waals surface area contributed by atoms with Crippen molar-refractivity contribution in [2.24, 2.45) is 0 Å². The molecular weight excluding hydrogens is 341 g/mol. The molecule has 0 aliphatic heterocycles. The Morgan fingerprint density at radius 1 is 1.20 bits per heavy atom. The minimum absolute atomic E-state index is 0.112. The third-order valence-electron chi connectivity index (χ3n) is 3.45. The van der Waals surface area contributed by atoms with Gasteiger partial charge in [0.15, 0.2) is 5.82 Å². The number of thioether (sulfide) groups is 1. The number of halogens is 1. The van der Waals surface area contributed by atoms with Crippen molar-refractivity contribution < 1.29 is 9.18 Å². The number of aromatic nitrogens is 3. The molecule has 1 amide bonds. The van der Waals surface area contributed by atoms with Crippen LogP contribution in [0, 0.1) is 12.7 Å². The topological polar surface area (TPSA) is 85.8 Å². The van der Waals surface area contributed by atoms with E-state index in [0.29, 0.717) is 5.16 Å². The molecule has 0 saturated carbocycles. The second-order valence-corrected chi connectivity index (χ2v) is 6.30. The molecular formula is C17H16FN5OS. The highest BCUT2D eigenvalue weighted by atomic mass is 32.2. The summed E-state index contributed by atoms with van der Waals surface area (Å²) in [5.74, 6) is 5.63. The Bertz CT molecular complexity index is 894. The van der Waals surface area contributed by atoms with E-state index in [0.717, 1.165) is 23.0 Å². The van der Waals surface area contributed by atoms with Crippen LogP contribution < -0.4 is 11.2 Å². The summed E-state index contributed by atoms with van der Waals surface area (Å²) in [6.45, 7) is 1.97. The van der Waals surface area contributed by atoms with Gasteiger partial charge in [-0.05, 0) is 31.2 Å². The maximum Gasteiger partial charge on any atom is 0.234 e. The maximum absolute atomic E-state index is 13.8. The van der Waals surface area contributed by atoms with Crippen molar-refractivity contribution in [2.75, 3.05) is 16.9 Å². The minimum Gasteiger partial charge on any atom is -0.335 e. The molecule has 3 aromatic rings. The predicted octanol–water partition coefficient (Wildman–Crippen LogP) is 2.84. The van der Waals surface area contributed by atoms with Gasteiger partial charge in [-0.1, -0.05) is 41.6 Å². The number of nitrogens with one attached hydrogen (secondary N) is 1. The van der Waals surface area contributed by atoms with E-state index in [2.05, 4.69) is 15.5 Å². The number of anilines is 1. The SMILES string of the molecule is Cc1ccc(NC(=O)CSc2nnc(-c3ccccc3F)n2N)cc1. The van der Waals surface area contributed by atoms with Crippen molar-refractivity contribution in [1.82, 2.24) is 14.9 Å². The van der Waals surface area contributed by atoms with E-state index in [1.54, 1.807) is 18.2 Å². The van der Waals surface area contributed by atoms with Crippen molar-refractivity contribution in [3.05, 3.63) is 59.9 Å². The van der Waals surface area contributed by atoms with E-state index in [9.17, 15) is 9.18 Å². The van der Waals surface area contributed by atoms with Crippen molar-refractivity contribution >= 4 is 23.4 Å². The lowest BCUT2D eigenvalue weighted by atomic mass is 10.2. The zero-order valence-electron chi connectivity index (χ0n) is 13.4. The quantitative estimate of drug-likeness (QED) is 0.542. The molecule has 0 saturated heterocycles. The number of benzene rings is 2. The molecule has 0 spiro atoms. The first-order chi connectivity index (χ1) is 12.0. The Kier molecular flexibility index (Phi) is 4.99. The summed E-state index contributed by atoms with van der Waals surface area (Å²) >= 11 is 1.13. The second kappa shape index (κ2) is 7.35. The van der Waals surface area contributed by atoms with E-state index >= 15 is 0 Å². The van der Waals surface area contributed by atoms with Crippen LogP contribution in [0.3, 0.4) is 0 Å². The van der Waals surface area contributed by atoms with Crippen LogP contribution in [0.25, 0.3) is 11.4 Å². The highest BCUT2D eigenvalue weighted by Gasteiger charge is 2.16. The van der Waals surface area contributed by atoms with Crippen LogP contribution in [0.15, 0.2) is 53.7 Å². The summed E-state index contributed by atoms with van der Waals surface area (Å²) in [5, 5.41) is 11.0. The number of carbonyl (C=O) groups is 1. The summed E-state index contributed by atoms with van der Waals surface area (Å²) < 4.78 is 15.0. The summed E-state index contributed by atoms with van der Waals surface area (Å²) in [4.78, 5) is 12.0. The Morgan fingerprint density at radius 3 is 2.64 bits per heavy atom. The van der Waals surface area contributed by atoms with Gasteiger partial charge in [0.25, 0.3) is 0 Å². The molecule has 3 rings (SSSR count). The van der Waals surface area contributed by atoms with Crippen LogP contribution in [0.2, 0.25) is 0 Å². The molecule has 0 bridgehead atoms. The zero-order valence-corrected chi connectivity index (χ0v) is 14.3. The van der Waals surface area contributed by atoms with Gasteiger partial charge in [-0.3, -0.25) is 4.79 Å². The number of rotatable bonds is 5. The third kappa shape index (κ3) is 3.97. The smallest absolute Gasteiger partial charge is 0.234 e. The molecule has 0 atom stereocenters. The molecule has 128 valence electrons. The third-order valence-corrected chi connectivity index (χ3v) is 4.39. The highest BCUT2D eigenvalue weighted by molar-refractivity contribution is 7.99. The predicted molar refractivity (Wildman–Crippen MR) is 96.1 cm³/mol. The van der Waals surface area contributed by atoms with Crippen molar-refractivity contribution in [2.45, 2.75) is 12.1 Å². The van der Waals surface area contributed by atoms with Gasteiger partial charge in [0, 0.05) is 5.69 Å². The summed E-state index contributed by atoms with van der Waals surface area (Å²) in [7, 11) is 0. The van der Waals surface area contributed by atoms with Gasteiger partial charge in [-0.2, -0.15) is 0 Å². The molecule has 1 heterocycles. The summed E-state index contributed by atoms with van der Waals surface area (Å²) in [6, 6.07) is 13.7. The molecule has 0 aliphatic rings. The number of nitrogens with two attached hydrogens (primary N) is 1. The van der Waals surface area contributed by atoms with Gasteiger partial charge in [-0.25, -0.2) is 9.07 Å². The Hall–Kier alpha value is -2.87. The van der Waals surface area contributed by atoms with Crippen LogP contribution in [0.4, 0.5) is 10.1 Å². The van der Waals surface area contributed by atoms with Crippen LogP contribution in [-0.4, -0.2) is 26.5 Å². The van der Waals surface area contributed by atoms with Crippen molar-refractivity contribution in [1.29, 1.82) is 0 Å². The van der Waals surface area contributed by atoms with Crippen LogP contribution in [0.5, 0.6) is 0 Å². The number of aryl methyl sites for hydroxylation is 1. The number of hydrogen-bond donors (Lipinski definition) is 2. The molecule has 0 unspecified atom stereocenters. The van der Waals surface area contributed by atoms with Crippen LogP contribution in [0.1, 0.15) is 5.56 Å². The fourth-order valence-corrected chi connectivity index (χ4v) is 2.82. The summed E-state index contributed by atoms with van der Waals surface area (Å²) in [5.41, 5.74) is 2.09. The highest BCUT2D eigenvalue weighted by Crippen LogP contribution is 2.23. The lowest BCUT2D eigenvalue weighted by Crippen LogP contribution is -2.16.